The molecule has 0 aromatic rings. The van der Waals surface area contributed by atoms with Crippen LogP contribution < -0.4 is 5.32 Å². The first-order valence-electron chi connectivity index (χ1n) is 23.4. The van der Waals surface area contributed by atoms with E-state index in [2.05, 4.69) is 19.2 Å². The van der Waals surface area contributed by atoms with Gasteiger partial charge in [0.25, 0.3) is 0 Å². The number of aliphatic hydroxyl groups is 4. The molecule has 0 aromatic carbocycles. The van der Waals surface area contributed by atoms with Gasteiger partial charge in [0, 0.05) is 0 Å². The summed E-state index contributed by atoms with van der Waals surface area (Å²) in [4.78, 5) is 12.5. The number of carbonyl (C=O) groups is 1. The maximum atomic E-state index is 12.5. The van der Waals surface area contributed by atoms with E-state index in [1.165, 1.54) is 193 Å². The van der Waals surface area contributed by atoms with E-state index in [9.17, 15) is 25.2 Å². The molecule has 0 heterocycles. The number of aliphatic hydroxyl groups excluding tert-OH is 4. The Morgan fingerprint density at radius 2 is 0.654 bits per heavy atom. The highest BCUT2D eigenvalue weighted by atomic mass is 16.3. The fraction of sp³-hybridized carbons (Fsp3) is 0.978. The van der Waals surface area contributed by atoms with E-state index in [0.29, 0.717) is 12.8 Å². The fourth-order valence-electron chi connectivity index (χ4n) is 7.58. The van der Waals surface area contributed by atoms with Gasteiger partial charge < -0.3 is 25.7 Å². The number of hydrogen-bond donors (Lipinski definition) is 5. The highest BCUT2D eigenvalue weighted by Crippen LogP contribution is 2.17. The lowest BCUT2D eigenvalue weighted by Gasteiger charge is -2.27. The van der Waals surface area contributed by atoms with Crippen molar-refractivity contribution >= 4 is 5.91 Å². The van der Waals surface area contributed by atoms with Gasteiger partial charge in [0.2, 0.25) is 5.91 Å². The summed E-state index contributed by atoms with van der Waals surface area (Å²) in [5.41, 5.74) is 0. The third-order valence-corrected chi connectivity index (χ3v) is 11.3. The second-order valence-corrected chi connectivity index (χ2v) is 16.5. The normalized spacial score (nSPS) is 14.0. The van der Waals surface area contributed by atoms with Crippen molar-refractivity contribution in [1.82, 2.24) is 5.32 Å². The van der Waals surface area contributed by atoms with Crippen LogP contribution in [0.15, 0.2) is 0 Å². The minimum atomic E-state index is -1.25. The molecule has 0 rings (SSSR count). The molecule has 312 valence electrons. The smallest absolute Gasteiger partial charge is 0.249 e. The van der Waals surface area contributed by atoms with Crippen LogP contribution in [0.3, 0.4) is 0 Å². The summed E-state index contributed by atoms with van der Waals surface area (Å²) in [5, 5.41) is 43.7. The molecular formula is C46H93NO5. The van der Waals surface area contributed by atoms with Crippen molar-refractivity contribution in [3.8, 4) is 0 Å². The standard InChI is InChI=1S/C46H93NO5/c1-3-5-7-9-11-13-15-17-19-20-21-22-23-24-25-26-28-30-32-34-36-38-40-44(50)46(52)47-42(41-48)45(51)43(49)39-37-35-33-31-29-27-18-16-14-12-10-8-6-4-2/h42-45,48-51H,3-41H2,1-2H3,(H,47,52). The van der Waals surface area contributed by atoms with Crippen LogP contribution in [0.1, 0.15) is 258 Å². The summed E-state index contributed by atoms with van der Waals surface area (Å²) in [6, 6.07) is -0.978. The van der Waals surface area contributed by atoms with Crippen molar-refractivity contribution in [3.05, 3.63) is 0 Å². The van der Waals surface area contributed by atoms with Crippen molar-refractivity contribution in [3.63, 3.8) is 0 Å². The van der Waals surface area contributed by atoms with Gasteiger partial charge in [-0.1, -0.05) is 245 Å². The fourth-order valence-corrected chi connectivity index (χ4v) is 7.58. The molecule has 0 bridgehead atoms. The Hall–Kier alpha value is -0.690. The van der Waals surface area contributed by atoms with Gasteiger partial charge >= 0.3 is 0 Å². The molecule has 0 radical (unpaired) electrons. The van der Waals surface area contributed by atoms with Crippen molar-refractivity contribution in [1.29, 1.82) is 0 Å². The first-order valence-corrected chi connectivity index (χ1v) is 23.4. The molecule has 4 atom stereocenters. The van der Waals surface area contributed by atoms with Crippen LogP contribution in [0.4, 0.5) is 0 Å². The predicted octanol–water partition coefficient (Wildman–Crippen LogP) is 12.4. The molecule has 6 heteroatoms. The Bertz CT molecular complexity index is 706. The number of amides is 1. The van der Waals surface area contributed by atoms with Gasteiger partial charge in [0.05, 0.1) is 18.8 Å². The van der Waals surface area contributed by atoms with Gasteiger partial charge in [-0.05, 0) is 12.8 Å². The van der Waals surface area contributed by atoms with Gasteiger partial charge in [0.1, 0.15) is 12.2 Å². The highest BCUT2D eigenvalue weighted by molar-refractivity contribution is 5.80. The van der Waals surface area contributed by atoms with Crippen molar-refractivity contribution < 1.29 is 25.2 Å². The van der Waals surface area contributed by atoms with Crippen LogP contribution in [0.2, 0.25) is 0 Å². The van der Waals surface area contributed by atoms with Crippen LogP contribution in [0.25, 0.3) is 0 Å². The SMILES string of the molecule is CCCCCCCCCCCCCCCCCCCCCCCCC(O)C(=O)NC(CO)C(O)C(O)CCCCCCCCCCCCCCCC. The van der Waals surface area contributed by atoms with Crippen LogP contribution in [0, 0.1) is 0 Å². The van der Waals surface area contributed by atoms with Crippen LogP contribution in [-0.4, -0.2) is 57.3 Å². The Labute approximate surface area is 324 Å². The number of carbonyl (C=O) groups excluding carboxylic acids is 1. The van der Waals surface area contributed by atoms with Crippen LogP contribution in [-0.2, 0) is 4.79 Å². The molecule has 0 spiro atoms. The van der Waals surface area contributed by atoms with Gasteiger partial charge in [-0.3, -0.25) is 4.79 Å². The largest absolute Gasteiger partial charge is 0.394 e. The molecule has 6 nitrogen and oxygen atoms in total. The molecule has 0 saturated carbocycles. The van der Waals surface area contributed by atoms with Gasteiger partial charge in [-0.15, -0.1) is 0 Å². The summed E-state index contributed by atoms with van der Waals surface area (Å²) >= 11 is 0. The first kappa shape index (κ1) is 51.3. The number of rotatable bonds is 43. The number of nitrogens with one attached hydrogen (secondary N) is 1. The average molecular weight is 740 g/mol. The zero-order valence-electron chi connectivity index (χ0n) is 35.1. The van der Waals surface area contributed by atoms with Crippen molar-refractivity contribution in [2.45, 2.75) is 282 Å². The average Bonchev–Trinajstić information content (AvgIpc) is 3.15. The zero-order valence-corrected chi connectivity index (χ0v) is 35.1. The minimum Gasteiger partial charge on any atom is -0.394 e. The minimum absolute atomic E-state index is 0.376. The Balaban J connectivity index is 3.64. The van der Waals surface area contributed by atoms with Crippen LogP contribution >= 0.6 is 0 Å². The first-order chi connectivity index (χ1) is 25.5. The van der Waals surface area contributed by atoms with Gasteiger partial charge in [-0.25, -0.2) is 0 Å². The molecule has 4 unspecified atom stereocenters. The summed E-state index contributed by atoms with van der Waals surface area (Å²) in [7, 11) is 0. The summed E-state index contributed by atoms with van der Waals surface area (Å²) in [6.45, 7) is 4.07. The molecule has 0 fully saturated rings. The molecule has 5 N–H and O–H groups in total. The van der Waals surface area contributed by atoms with E-state index in [1.54, 1.807) is 0 Å². The molecule has 0 aromatic heterocycles. The maximum Gasteiger partial charge on any atom is 0.249 e. The van der Waals surface area contributed by atoms with Crippen molar-refractivity contribution in [2.75, 3.05) is 6.61 Å². The lowest BCUT2D eigenvalue weighted by molar-refractivity contribution is -0.132. The molecule has 0 aliphatic rings. The second-order valence-electron chi connectivity index (χ2n) is 16.5. The molecule has 0 saturated heterocycles. The molecular weight excluding hydrogens is 647 g/mol. The molecule has 52 heavy (non-hydrogen) atoms. The number of hydrogen-bond acceptors (Lipinski definition) is 5. The second kappa shape index (κ2) is 41.5. The quantitative estimate of drug-likeness (QED) is 0.0400. The highest BCUT2D eigenvalue weighted by Gasteiger charge is 2.28. The Morgan fingerprint density at radius 1 is 0.404 bits per heavy atom. The topological polar surface area (TPSA) is 110 Å². The predicted molar refractivity (Wildman–Crippen MR) is 224 cm³/mol. The van der Waals surface area contributed by atoms with Crippen molar-refractivity contribution in [2.24, 2.45) is 0 Å². The summed E-state index contributed by atoms with van der Waals surface area (Å²) in [6.07, 6.45) is 44.2. The van der Waals surface area contributed by atoms with E-state index < -0.39 is 36.9 Å². The molecule has 0 aliphatic heterocycles. The van der Waals surface area contributed by atoms with E-state index in [-0.39, 0.29) is 0 Å². The summed E-state index contributed by atoms with van der Waals surface area (Å²) in [5.74, 6) is -0.578. The Morgan fingerprint density at radius 3 is 0.923 bits per heavy atom. The lowest BCUT2D eigenvalue weighted by atomic mass is 9.99. The van der Waals surface area contributed by atoms with E-state index >= 15 is 0 Å². The van der Waals surface area contributed by atoms with Gasteiger partial charge in [0.15, 0.2) is 0 Å². The van der Waals surface area contributed by atoms with E-state index in [1.807, 2.05) is 0 Å². The number of unbranched alkanes of at least 4 members (excludes halogenated alkanes) is 34. The Kier molecular flexibility index (Phi) is 40.9. The third-order valence-electron chi connectivity index (χ3n) is 11.3. The molecule has 0 aliphatic carbocycles. The lowest BCUT2D eigenvalue weighted by Crippen LogP contribution is -2.53. The maximum absolute atomic E-state index is 12.5. The van der Waals surface area contributed by atoms with E-state index in [0.717, 1.165) is 38.5 Å². The van der Waals surface area contributed by atoms with Gasteiger partial charge in [-0.2, -0.15) is 0 Å². The zero-order chi connectivity index (χ0) is 38.2. The molecule has 1 amide bonds. The van der Waals surface area contributed by atoms with E-state index in [4.69, 9.17) is 0 Å². The summed E-state index contributed by atoms with van der Waals surface area (Å²) < 4.78 is 0. The third kappa shape index (κ3) is 35.0. The monoisotopic (exact) mass is 740 g/mol. The van der Waals surface area contributed by atoms with Crippen LogP contribution in [0.5, 0.6) is 0 Å².